The van der Waals surface area contributed by atoms with Gasteiger partial charge in [-0.1, -0.05) is 12.5 Å². The summed E-state index contributed by atoms with van der Waals surface area (Å²) in [6.07, 6.45) is 2.78. The Morgan fingerprint density at radius 2 is 1.92 bits per heavy atom. The maximum absolute atomic E-state index is 10.7. The fourth-order valence-corrected chi connectivity index (χ4v) is 1.14. The van der Waals surface area contributed by atoms with E-state index in [-0.39, 0.29) is 5.97 Å². The van der Waals surface area contributed by atoms with Crippen LogP contribution in [0.3, 0.4) is 0 Å². The summed E-state index contributed by atoms with van der Waals surface area (Å²) in [6, 6.07) is 0. The van der Waals surface area contributed by atoms with Crippen LogP contribution in [0.5, 0.6) is 0 Å². The van der Waals surface area contributed by atoms with Crippen molar-refractivity contribution in [1.29, 1.82) is 0 Å². The fraction of sp³-hybridized carbons (Fsp3) is 0.700. The van der Waals surface area contributed by atoms with E-state index in [0.29, 0.717) is 0 Å². The summed E-state index contributed by atoms with van der Waals surface area (Å²) in [7, 11) is 0. The number of hydrogen-bond acceptors (Lipinski definition) is 2. The first kappa shape index (κ1) is 11.2. The molecular weight excluding hydrogens is 152 g/mol. The van der Waals surface area contributed by atoms with Crippen LogP contribution in [0.2, 0.25) is 0 Å². The Labute approximate surface area is 74.6 Å². The second-order valence-corrected chi connectivity index (χ2v) is 3.48. The minimum atomic E-state index is -0.426. The molecule has 0 aromatic rings. The molecule has 0 aliphatic rings. The van der Waals surface area contributed by atoms with Crippen LogP contribution >= 0.6 is 0 Å². The van der Waals surface area contributed by atoms with Crippen LogP contribution < -0.4 is 0 Å². The maximum atomic E-state index is 10.7. The van der Waals surface area contributed by atoms with Crippen LogP contribution in [0.15, 0.2) is 11.6 Å². The van der Waals surface area contributed by atoms with Crippen molar-refractivity contribution in [2.45, 2.75) is 46.6 Å². The first-order valence-electron chi connectivity index (χ1n) is 4.25. The van der Waals surface area contributed by atoms with Crippen LogP contribution in [0.4, 0.5) is 0 Å². The smallest absolute Gasteiger partial charge is 0.303 e. The minimum absolute atomic E-state index is 0.225. The van der Waals surface area contributed by atoms with Crippen molar-refractivity contribution in [2.75, 3.05) is 0 Å². The topological polar surface area (TPSA) is 26.3 Å². The van der Waals surface area contributed by atoms with E-state index in [9.17, 15) is 4.79 Å². The molecular formula is C10H18O2. The number of carbonyl (C=O) groups excluding carboxylic acids is 1. The fourth-order valence-electron chi connectivity index (χ4n) is 1.14. The molecule has 0 aliphatic carbocycles. The molecule has 2 nitrogen and oxygen atoms in total. The summed E-state index contributed by atoms with van der Waals surface area (Å²) in [6.45, 7) is 9.35. The lowest BCUT2D eigenvalue weighted by Crippen LogP contribution is -2.27. The molecule has 12 heavy (non-hydrogen) atoms. The van der Waals surface area contributed by atoms with Gasteiger partial charge in [-0.2, -0.15) is 0 Å². The molecule has 0 aromatic carbocycles. The Morgan fingerprint density at radius 1 is 1.42 bits per heavy atom. The van der Waals surface area contributed by atoms with Crippen molar-refractivity contribution >= 4 is 5.97 Å². The second-order valence-electron chi connectivity index (χ2n) is 3.48. The van der Waals surface area contributed by atoms with Gasteiger partial charge >= 0.3 is 5.97 Å². The molecule has 70 valence electrons. The number of hydrogen-bond donors (Lipinski definition) is 0. The largest absolute Gasteiger partial charge is 0.455 e. The zero-order chi connectivity index (χ0) is 9.78. The van der Waals surface area contributed by atoms with Crippen molar-refractivity contribution in [2.24, 2.45) is 0 Å². The van der Waals surface area contributed by atoms with Gasteiger partial charge in [0, 0.05) is 6.92 Å². The Hall–Kier alpha value is -0.790. The van der Waals surface area contributed by atoms with E-state index in [1.807, 2.05) is 33.8 Å². The molecule has 1 unspecified atom stereocenters. The van der Waals surface area contributed by atoms with Gasteiger partial charge in [-0.3, -0.25) is 4.79 Å². The zero-order valence-corrected chi connectivity index (χ0v) is 8.60. The highest BCUT2D eigenvalue weighted by Crippen LogP contribution is 2.18. The van der Waals surface area contributed by atoms with Gasteiger partial charge in [-0.15, -0.1) is 0 Å². The standard InChI is InChI=1S/C10H18O2/c1-6-10(5,7-8(2)3)12-9(4)11/h7H,6H2,1-5H3. The van der Waals surface area contributed by atoms with Gasteiger partial charge in [-0.05, 0) is 33.3 Å². The van der Waals surface area contributed by atoms with Crippen LogP contribution in [-0.2, 0) is 9.53 Å². The van der Waals surface area contributed by atoms with Crippen molar-refractivity contribution in [3.8, 4) is 0 Å². The van der Waals surface area contributed by atoms with E-state index in [1.54, 1.807) is 0 Å². The quantitative estimate of drug-likeness (QED) is 0.481. The summed E-state index contributed by atoms with van der Waals surface area (Å²) < 4.78 is 5.18. The van der Waals surface area contributed by atoms with Crippen LogP contribution in [-0.4, -0.2) is 11.6 Å². The molecule has 0 rings (SSSR count). The Kier molecular flexibility index (Phi) is 4.01. The minimum Gasteiger partial charge on any atom is -0.455 e. The van der Waals surface area contributed by atoms with Gasteiger partial charge < -0.3 is 4.74 Å². The first-order chi connectivity index (χ1) is 5.39. The molecule has 2 heteroatoms. The molecule has 0 aromatic heterocycles. The molecule has 0 fully saturated rings. The van der Waals surface area contributed by atoms with E-state index in [0.717, 1.165) is 6.42 Å². The van der Waals surface area contributed by atoms with Gasteiger partial charge in [0.25, 0.3) is 0 Å². The molecule has 0 saturated carbocycles. The summed E-state index contributed by atoms with van der Waals surface area (Å²) in [5.41, 5.74) is 0.741. The third-order valence-electron chi connectivity index (χ3n) is 1.67. The highest BCUT2D eigenvalue weighted by Gasteiger charge is 2.21. The van der Waals surface area contributed by atoms with Crippen LogP contribution in [0.1, 0.15) is 41.0 Å². The number of rotatable bonds is 3. The van der Waals surface area contributed by atoms with E-state index < -0.39 is 5.60 Å². The molecule has 0 bridgehead atoms. The highest BCUT2D eigenvalue weighted by molar-refractivity contribution is 5.66. The van der Waals surface area contributed by atoms with Gasteiger partial charge in [0.15, 0.2) is 0 Å². The predicted octanol–water partition coefficient (Wildman–Crippen LogP) is 2.68. The molecule has 0 spiro atoms. The molecule has 0 aliphatic heterocycles. The lowest BCUT2D eigenvalue weighted by Gasteiger charge is -2.24. The van der Waals surface area contributed by atoms with Crippen LogP contribution in [0.25, 0.3) is 0 Å². The summed E-state index contributed by atoms with van der Waals surface area (Å²) in [5.74, 6) is -0.225. The van der Waals surface area contributed by atoms with E-state index in [2.05, 4.69) is 0 Å². The van der Waals surface area contributed by atoms with Crippen molar-refractivity contribution in [3.05, 3.63) is 11.6 Å². The van der Waals surface area contributed by atoms with Crippen molar-refractivity contribution < 1.29 is 9.53 Å². The van der Waals surface area contributed by atoms with Crippen molar-refractivity contribution in [3.63, 3.8) is 0 Å². The lowest BCUT2D eigenvalue weighted by molar-refractivity contribution is -0.151. The highest BCUT2D eigenvalue weighted by atomic mass is 16.6. The van der Waals surface area contributed by atoms with E-state index >= 15 is 0 Å². The molecule has 0 amide bonds. The molecule has 1 atom stereocenters. The lowest BCUT2D eigenvalue weighted by atomic mass is 10.0. The van der Waals surface area contributed by atoms with Crippen molar-refractivity contribution in [1.82, 2.24) is 0 Å². The summed E-state index contributed by atoms with van der Waals surface area (Å²) in [5, 5.41) is 0. The van der Waals surface area contributed by atoms with Crippen LogP contribution in [0, 0.1) is 0 Å². The average molecular weight is 170 g/mol. The summed E-state index contributed by atoms with van der Waals surface area (Å²) >= 11 is 0. The molecule has 0 N–H and O–H groups in total. The number of esters is 1. The van der Waals surface area contributed by atoms with Gasteiger partial charge in [-0.25, -0.2) is 0 Å². The Bertz CT molecular complexity index is 190. The Balaban J connectivity index is 4.45. The predicted molar refractivity (Wildman–Crippen MR) is 49.9 cm³/mol. The maximum Gasteiger partial charge on any atom is 0.303 e. The van der Waals surface area contributed by atoms with Gasteiger partial charge in [0.2, 0.25) is 0 Å². The number of allylic oxidation sites excluding steroid dienone is 1. The summed E-state index contributed by atoms with van der Waals surface area (Å²) in [4.78, 5) is 10.7. The molecule has 0 heterocycles. The first-order valence-corrected chi connectivity index (χ1v) is 4.25. The van der Waals surface area contributed by atoms with Gasteiger partial charge in [0.05, 0.1) is 0 Å². The molecule has 0 radical (unpaired) electrons. The zero-order valence-electron chi connectivity index (χ0n) is 8.60. The normalized spacial score (nSPS) is 14.8. The molecule has 0 saturated heterocycles. The van der Waals surface area contributed by atoms with E-state index in [4.69, 9.17) is 4.74 Å². The second kappa shape index (κ2) is 4.29. The third-order valence-corrected chi connectivity index (χ3v) is 1.67. The third kappa shape index (κ3) is 4.16. The number of ether oxygens (including phenoxy) is 1. The monoisotopic (exact) mass is 170 g/mol. The van der Waals surface area contributed by atoms with E-state index in [1.165, 1.54) is 12.5 Å². The number of carbonyl (C=O) groups is 1. The average Bonchev–Trinajstić information content (AvgIpc) is 1.83. The SMILES string of the molecule is CCC(C)(C=C(C)C)OC(C)=O. The van der Waals surface area contributed by atoms with Gasteiger partial charge in [0.1, 0.15) is 5.60 Å². The Morgan fingerprint density at radius 3 is 2.17 bits per heavy atom.